The smallest absolute Gasteiger partial charge is 0.0998 e. The van der Waals surface area contributed by atoms with E-state index in [1.807, 2.05) is 25.1 Å². The first-order chi connectivity index (χ1) is 9.38. The van der Waals surface area contributed by atoms with Crippen molar-refractivity contribution in [1.29, 1.82) is 5.26 Å². The quantitative estimate of drug-likeness (QED) is 0.794. The number of benzene rings is 1. The predicted molar refractivity (Wildman–Crippen MR) is 85.6 cm³/mol. The summed E-state index contributed by atoms with van der Waals surface area (Å²) in [4.78, 5) is 2.03. The van der Waals surface area contributed by atoms with Crippen molar-refractivity contribution in [2.24, 2.45) is 5.92 Å². The fraction of sp³-hybridized carbons (Fsp3) is 0.389. The van der Waals surface area contributed by atoms with Crippen LogP contribution in [0.5, 0.6) is 0 Å². The van der Waals surface area contributed by atoms with E-state index in [9.17, 15) is 5.26 Å². The second-order valence-corrected chi connectivity index (χ2v) is 5.80. The molecule has 0 spiro atoms. The molecule has 0 aromatic heterocycles. The van der Waals surface area contributed by atoms with Crippen molar-refractivity contribution < 1.29 is 0 Å². The summed E-state index contributed by atoms with van der Waals surface area (Å²) in [7, 11) is 3.99. The third-order valence-electron chi connectivity index (χ3n) is 4.57. The van der Waals surface area contributed by atoms with Crippen molar-refractivity contribution in [3.05, 3.63) is 46.0 Å². The van der Waals surface area contributed by atoms with Crippen molar-refractivity contribution in [3.8, 4) is 6.07 Å². The molecule has 0 heterocycles. The number of rotatable bonds is 2. The van der Waals surface area contributed by atoms with Crippen LogP contribution in [0.3, 0.4) is 0 Å². The Balaban J connectivity index is 2.59. The molecule has 0 radical (unpaired) electrons. The van der Waals surface area contributed by atoms with Gasteiger partial charge in [-0.25, -0.2) is 0 Å². The lowest BCUT2D eigenvalue weighted by Crippen LogP contribution is -2.09. The number of nitrogens with zero attached hydrogens (tertiary/aromatic N) is 2. The molecule has 0 aliphatic heterocycles. The van der Waals surface area contributed by atoms with Gasteiger partial charge in [-0.1, -0.05) is 18.6 Å². The van der Waals surface area contributed by atoms with Gasteiger partial charge in [-0.15, -0.1) is 0 Å². The normalized spacial score (nSPS) is 18.6. The molecule has 2 heteroatoms. The maximum atomic E-state index is 9.48. The third-order valence-corrected chi connectivity index (χ3v) is 4.57. The van der Waals surface area contributed by atoms with Crippen LogP contribution in [-0.2, 0) is 0 Å². The second-order valence-electron chi connectivity index (χ2n) is 5.80. The zero-order chi connectivity index (χ0) is 15.0. The summed E-state index contributed by atoms with van der Waals surface area (Å²) in [5.41, 5.74) is 8.33. The van der Waals surface area contributed by atoms with Crippen molar-refractivity contribution in [3.63, 3.8) is 0 Å². The summed E-state index contributed by atoms with van der Waals surface area (Å²) in [6, 6.07) is 8.52. The molecule has 1 aliphatic rings. The second kappa shape index (κ2) is 5.17. The molecule has 1 aliphatic carbocycles. The standard InChI is InChI=1S/C18H22N2/c1-11-12(2)14(4)18(13(11)3)17-8-7-16(20(5)6)9-15(17)10-19/h7-9,13H,1-6H3. The van der Waals surface area contributed by atoms with Crippen LogP contribution in [-0.4, -0.2) is 14.1 Å². The molecule has 0 amide bonds. The van der Waals surface area contributed by atoms with E-state index in [0.717, 1.165) is 16.8 Å². The van der Waals surface area contributed by atoms with Crippen molar-refractivity contribution in [1.82, 2.24) is 0 Å². The number of allylic oxidation sites excluding steroid dienone is 4. The Hall–Kier alpha value is -2.01. The lowest BCUT2D eigenvalue weighted by Gasteiger charge is -2.18. The van der Waals surface area contributed by atoms with E-state index in [2.05, 4.69) is 45.9 Å². The largest absolute Gasteiger partial charge is 0.378 e. The van der Waals surface area contributed by atoms with Gasteiger partial charge in [0, 0.05) is 25.7 Å². The van der Waals surface area contributed by atoms with Crippen molar-refractivity contribution in [2.75, 3.05) is 19.0 Å². The van der Waals surface area contributed by atoms with E-state index in [0.29, 0.717) is 5.92 Å². The number of anilines is 1. The van der Waals surface area contributed by atoms with E-state index in [1.165, 1.54) is 22.3 Å². The van der Waals surface area contributed by atoms with Crippen molar-refractivity contribution >= 4 is 11.3 Å². The van der Waals surface area contributed by atoms with Crippen LogP contribution in [0.4, 0.5) is 5.69 Å². The highest BCUT2D eigenvalue weighted by atomic mass is 15.1. The van der Waals surface area contributed by atoms with E-state index >= 15 is 0 Å². The first-order valence-corrected chi connectivity index (χ1v) is 6.98. The van der Waals surface area contributed by atoms with Gasteiger partial charge in [0.2, 0.25) is 0 Å². The molecule has 1 aromatic carbocycles. The summed E-state index contributed by atoms with van der Waals surface area (Å²) < 4.78 is 0. The van der Waals surface area contributed by atoms with Gasteiger partial charge in [0.1, 0.15) is 0 Å². The van der Waals surface area contributed by atoms with E-state index < -0.39 is 0 Å². The lowest BCUT2D eigenvalue weighted by molar-refractivity contribution is 0.894. The zero-order valence-corrected chi connectivity index (χ0v) is 13.2. The Bertz CT molecular complexity index is 654. The Morgan fingerprint density at radius 1 is 1.10 bits per heavy atom. The molecule has 1 unspecified atom stereocenters. The molecule has 0 bridgehead atoms. The molecule has 20 heavy (non-hydrogen) atoms. The molecule has 1 atom stereocenters. The molecule has 0 fully saturated rings. The van der Waals surface area contributed by atoms with Crippen molar-refractivity contribution in [2.45, 2.75) is 27.7 Å². The molecule has 2 rings (SSSR count). The topological polar surface area (TPSA) is 27.0 Å². The third kappa shape index (κ3) is 2.14. The molecule has 0 saturated carbocycles. The van der Waals surface area contributed by atoms with Gasteiger partial charge in [-0.3, -0.25) is 0 Å². The van der Waals surface area contributed by atoms with Crippen LogP contribution in [0, 0.1) is 17.2 Å². The van der Waals surface area contributed by atoms with Crippen LogP contribution < -0.4 is 4.90 Å². The Labute approximate surface area is 122 Å². The summed E-state index contributed by atoms with van der Waals surface area (Å²) in [5.74, 6) is 0.396. The van der Waals surface area contributed by atoms with Crippen LogP contribution in [0.25, 0.3) is 5.57 Å². The van der Waals surface area contributed by atoms with Crippen LogP contribution >= 0.6 is 0 Å². The van der Waals surface area contributed by atoms with Crippen LogP contribution in [0.1, 0.15) is 38.8 Å². The minimum Gasteiger partial charge on any atom is -0.378 e. The van der Waals surface area contributed by atoms with E-state index in [-0.39, 0.29) is 0 Å². The highest BCUT2D eigenvalue weighted by molar-refractivity contribution is 5.83. The minimum absolute atomic E-state index is 0.396. The van der Waals surface area contributed by atoms with Crippen LogP contribution in [0.2, 0.25) is 0 Å². The van der Waals surface area contributed by atoms with Gasteiger partial charge in [0.15, 0.2) is 0 Å². The first kappa shape index (κ1) is 14.4. The Kier molecular flexibility index (Phi) is 3.72. The lowest BCUT2D eigenvalue weighted by atomic mass is 9.89. The summed E-state index contributed by atoms with van der Waals surface area (Å²) in [6.07, 6.45) is 0. The van der Waals surface area contributed by atoms with E-state index in [1.54, 1.807) is 0 Å². The molecule has 0 saturated heterocycles. The number of hydrogen-bond acceptors (Lipinski definition) is 2. The fourth-order valence-corrected chi connectivity index (χ4v) is 2.94. The SMILES string of the molecule is CC1=C(C)C(C)C(c2ccc(N(C)C)cc2C#N)=C1C. The van der Waals surface area contributed by atoms with Gasteiger partial charge >= 0.3 is 0 Å². The highest BCUT2D eigenvalue weighted by Gasteiger charge is 2.26. The van der Waals surface area contributed by atoms with Gasteiger partial charge in [-0.05, 0) is 55.2 Å². The average molecular weight is 266 g/mol. The highest BCUT2D eigenvalue weighted by Crippen LogP contribution is 2.43. The number of nitriles is 1. The molecule has 1 aromatic rings. The van der Waals surface area contributed by atoms with Gasteiger partial charge < -0.3 is 4.90 Å². The van der Waals surface area contributed by atoms with E-state index in [4.69, 9.17) is 0 Å². The van der Waals surface area contributed by atoms with Crippen LogP contribution in [0.15, 0.2) is 34.9 Å². The molecular formula is C18H22N2. The predicted octanol–water partition coefficient (Wildman–Crippen LogP) is 4.38. The maximum absolute atomic E-state index is 9.48. The molecule has 104 valence electrons. The monoisotopic (exact) mass is 266 g/mol. The fourth-order valence-electron chi connectivity index (χ4n) is 2.94. The molecular weight excluding hydrogens is 244 g/mol. The first-order valence-electron chi connectivity index (χ1n) is 6.98. The summed E-state index contributed by atoms with van der Waals surface area (Å²) in [6.45, 7) is 8.76. The molecule has 2 nitrogen and oxygen atoms in total. The minimum atomic E-state index is 0.396. The Morgan fingerprint density at radius 3 is 2.20 bits per heavy atom. The average Bonchev–Trinajstić information content (AvgIpc) is 2.62. The van der Waals surface area contributed by atoms with Gasteiger partial charge in [0.05, 0.1) is 11.6 Å². The number of hydrogen-bond donors (Lipinski definition) is 0. The Morgan fingerprint density at radius 2 is 1.75 bits per heavy atom. The summed E-state index contributed by atoms with van der Waals surface area (Å²) in [5, 5.41) is 9.48. The van der Waals surface area contributed by atoms with Gasteiger partial charge in [0.25, 0.3) is 0 Å². The maximum Gasteiger partial charge on any atom is 0.0998 e. The van der Waals surface area contributed by atoms with Gasteiger partial charge in [-0.2, -0.15) is 5.26 Å². The zero-order valence-electron chi connectivity index (χ0n) is 13.2. The molecule has 0 N–H and O–H groups in total. The summed E-state index contributed by atoms with van der Waals surface area (Å²) >= 11 is 0.